The SMILES string of the molecule is COC(CCNC(=O)OCC1c2ccccc2-c2ccccc21)C(=O)Nc1c(C(=O)O)cnn1C. The normalized spacial score (nSPS) is 13.0. The van der Waals surface area contributed by atoms with Gasteiger partial charge in [0.1, 0.15) is 24.1 Å². The molecule has 1 heterocycles. The van der Waals surface area contributed by atoms with Crippen molar-refractivity contribution < 1.29 is 29.0 Å². The standard InChI is InChI=1S/C25H26N4O6/c1-29-22(19(13-27-29)24(31)32)28-23(30)21(34-2)11-12-26-25(33)35-14-20-17-9-5-3-7-15(17)16-8-4-6-10-18(16)20/h3-10,13,20-21H,11-12,14H2,1-2H3,(H,26,33)(H,28,30)(H,31,32). The van der Waals surface area contributed by atoms with Gasteiger partial charge in [0.05, 0.1) is 6.20 Å². The minimum absolute atomic E-state index is 0.0482. The van der Waals surface area contributed by atoms with Crippen molar-refractivity contribution >= 4 is 23.8 Å². The maximum absolute atomic E-state index is 12.6. The lowest BCUT2D eigenvalue weighted by atomic mass is 9.98. The number of amides is 2. The molecule has 0 spiro atoms. The molecule has 182 valence electrons. The van der Waals surface area contributed by atoms with Gasteiger partial charge in [0.15, 0.2) is 0 Å². The predicted octanol–water partition coefficient (Wildman–Crippen LogP) is 3.00. The van der Waals surface area contributed by atoms with Crippen LogP contribution < -0.4 is 10.6 Å². The Morgan fingerprint density at radius 3 is 2.31 bits per heavy atom. The molecular formula is C25H26N4O6. The molecule has 2 aromatic carbocycles. The van der Waals surface area contributed by atoms with Crippen LogP contribution in [0.25, 0.3) is 11.1 Å². The summed E-state index contributed by atoms with van der Waals surface area (Å²) in [5.74, 6) is -1.76. The molecule has 0 saturated heterocycles. The third kappa shape index (κ3) is 5.02. The van der Waals surface area contributed by atoms with Crippen LogP contribution in [0.15, 0.2) is 54.7 Å². The Balaban J connectivity index is 1.29. The fourth-order valence-electron chi connectivity index (χ4n) is 4.25. The number of aryl methyl sites for hydroxylation is 1. The Bertz CT molecular complexity index is 1210. The quantitative estimate of drug-likeness (QED) is 0.431. The number of benzene rings is 2. The number of carboxylic acids is 1. The first-order valence-corrected chi connectivity index (χ1v) is 11.1. The van der Waals surface area contributed by atoms with Crippen molar-refractivity contribution in [1.29, 1.82) is 0 Å². The van der Waals surface area contributed by atoms with Crippen molar-refractivity contribution in [3.8, 4) is 11.1 Å². The van der Waals surface area contributed by atoms with Crippen molar-refractivity contribution in [3.63, 3.8) is 0 Å². The fraction of sp³-hybridized carbons (Fsp3) is 0.280. The number of rotatable bonds is 9. The Morgan fingerprint density at radius 1 is 1.09 bits per heavy atom. The van der Waals surface area contributed by atoms with E-state index >= 15 is 0 Å². The van der Waals surface area contributed by atoms with Gasteiger partial charge in [-0.15, -0.1) is 0 Å². The topological polar surface area (TPSA) is 132 Å². The zero-order valence-electron chi connectivity index (χ0n) is 19.4. The van der Waals surface area contributed by atoms with Crippen LogP contribution in [0.3, 0.4) is 0 Å². The molecule has 1 unspecified atom stereocenters. The van der Waals surface area contributed by atoms with E-state index in [0.717, 1.165) is 28.5 Å². The highest BCUT2D eigenvalue weighted by Gasteiger charge is 2.29. The van der Waals surface area contributed by atoms with Gasteiger partial charge in [0.2, 0.25) is 0 Å². The number of fused-ring (bicyclic) bond motifs is 3. The lowest BCUT2D eigenvalue weighted by Gasteiger charge is -2.17. The number of hydrogen-bond donors (Lipinski definition) is 3. The monoisotopic (exact) mass is 478 g/mol. The van der Waals surface area contributed by atoms with Crippen LogP contribution >= 0.6 is 0 Å². The number of hydrogen-bond acceptors (Lipinski definition) is 6. The number of methoxy groups -OCH3 is 1. The molecule has 2 amide bonds. The average molecular weight is 479 g/mol. The summed E-state index contributed by atoms with van der Waals surface area (Å²) in [6.45, 7) is 0.312. The lowest BCUT2D eigenvalue weighted by molar-refractivity contribution is -0.126. The van der Waals surface area contributed by atoms with E-state index in [2.05, 4.69) is 27.9 Å². The van der Waals surface area contributed by atoms with Gasteiger partial charge in [0.25, 0.3) is 5.91 Å². The first-order valence-electron chi connectivity index (χ1n) is 11.1. The van der Waals surface area contributed by atoms with Crippen LogP contribution in [0.1, 0.15) is 33.8 Å². The van der Waals surface area contributed by atoms with E-state index in [9.17, 15) is 19.5 Å². The number of anilines is 1. The van der Waals surface area contributed by atoms with Crippen molar-refractivity contribution in [1.82, 2.24) is 15.1 Å². The minimum atomic E-state index is -1.21. The number of carbonyl (C=O) groups is 3. The average Bonchev–Trinajstić information content (AvgIpc) is 3.38. The van der Waals surface area contributed by atoms with Crippen molar-refractivity contribution in [3.05, 3.63) is 71.4 Å². The number of ether oxygens (including phenoxy) is 2. The lowest BCUT2D eigenvalue weighted by Crippen LogP contribution is -2.35. The van der Waals surface area contributed by atoms with E-state index in [1.807, 2.05) is 36.4 Å². The smallest absolute Gasteiger partial charge is 0.407 e. The van der Waals surface area contributed by atoms with Crippen molar-refractivity contribution in [2.24, 2.45) is 7.05 Å². The second-order valence-electron chi connectivity index (χ2n) is 8.09. The molecule has 0 saturated carbocycles. The van der Waals surface area contributed by atoms with Crippen molar-refractivity contribution in [2.75, 3.05) is 25.6 Å². The Morgan fingerprint density at radius 2 is 1.71 bits per heavy atom. The zero-order valence-corrected chi connectivity index (χ0v) is 19.4. The molecule has 4 rings (SSSR count). The van der Waals surface area contributed by atoms with E-state index in [-0.39, 0.29) is 36.9 Å². The van der Waals surface area contributed by atoms with Gasteiger partial charge in [-0.2, -0.15) is 5.10 Å². The largest absolute Gasteiger partial charge is 0.477 e. The second-order valence-corrected chi connectivity index (χ2v) is 8.09. The summed E-state index contributed by atoms with van der Waals surface area (Å²) in [5, 5.41) is 18.2. The van der Waals surface area contributed by atoms with Gasteiger partial charge in [-0.25, -0.2) is 9.59 Å². The Labute approximate surface area is 201 Å². The molecule has 0 fully saturated rings. The fourth-order valence-corrected chi connectivity index (χ4v) is 4.25. The molecule has 3 aromatic rings. The minimum Gasteiger partial charge on any atom is -0.477 e. The summed E-state index contributed by atoms with van der Waals surface area (Å²) in [7, 11) is 2.88. The number of nitrogens with zero attached hydrogens (tertiary/aromatic N) is 2. The third-order valence-electron chi connectivity index (χ3n) is 6.01. The van der Waals surface area contributed by atoms with Crippen LogP contribution in [0, 0.1) is 0 Å². The van der Waals surface area contributed by atoms with E-state index in [4.69, 9.17) is 9.47 Å². The maximum atomic E-state index is 12.6. The van der Waals surface area contributed by atoms with Gasteiger partial charge < -0.3 is 25.2 Å². The number of aromatic carboxylic acids is 1. The van der Waals surface area contributed by atoms with E-state index in [0.29, 0.717) is 0 Å². The molecule has 0 aliphatic heterocycles. The van der Waals surface area contributed by atoms with Gasteiger partial charge >= 0.3 is 12.1 Å². The van der Waals surface area contributed by atoms with Crippen LogP contribution in [-0.4, -0.2) is 59.2 Å². The molecule has 0 bridgehead atoms. The number of carbonyl (C=O) groups excluding carboxylic acids is 2. The molecule has 1 atom stereocenters. The molecule has 10 nitrogen and oxygen atoms in total. The number of aromatic nitrogens is 2. The summed E-state index contributed by atoms with van der Waals surface area (Å²) >= 11 is 0. The summed E-state index contributed by atoms with van der Waals surface area (Å²) in [6.07, 6.45) is -0.201. The number of nitrogens with one attached hydrogen (secondary N) is 2. The zero-order chi connectivity index (χ0) is 24.9. The Hall–Kier alpha value is -4.18. The molecule has 0 radical (unpaired) electrons. The van der Waals surface area contributed by atoms with Crippen LogP contribution in [0.4, 0.5) is 10.6 Å². The van der Waals surface area contributed by atoms with E-state index in [1.54, 1.807) is 0 Å². The molecule has 10 heteroatoms. The highest BCUT2D eigenvalue weighted by molar-refractivity contribution is 6.00. The molecule has 1 aliphatic rings. The number of alkyl carbamates (subject to hydrolysis) is 1. The van der Waals surface area contributed by atoms with E-state index in [1.165, 1.54) is 18.8 Å². The first kappa shape index (κ1) is 24.0. The Kier molecular flexibility index (Phi) is 7.11. The highest BCUT2D eigenvalue weighted by Crippen LogP contribution is 2.44. The van der Waals surface area contributed by atoms with Crippen LogP contribution in [-0.2, 0) is 21.3 Å². The summed E-state index contributed by atoms with van der Waals surface area (Å²) in [6, 6.07) is 16.1. The van der Waals surface area contributed by atoms with Gasteiger partial charge in [-0.05, 0) is 22.3 Å². The first-order chi connectivity index (χ1) is 16.9. The summed E-state index contributed by atoms with van der Waals surface area (Å²) in [5.41, 5.74) is 4.39. The molecule has 1 aromatic heterocycles. The molecule has 35 heavy (non-hydrogen) atoms. The second kappa shape index (κ2) is 10.4. The summed E-state index contributed by atoms with van der Waals surface area (Å²) in [4.78, 5) is 36.2. The van der Waals surface area contributed by atoms with Gasteiger partial charge in [0, 0.05) is 33.0 Å². The van der Waals surface area contributed by atoms with Crippen LogP contribution in [0.5, 0.6) is 0 Å². The van der Waals surface area contributed by atoms with Crippen LogP contribution in [0.2, 0.25) is 0 Å². The van der Waals surface area contributed by atoms with Gasteiger partial charge in [-0.3, -0.25) is 9.48 Å². The van der Waals surface area contributed by atoms with Gasteiger partial charge in [-0.1, -0.05) is 48.5 Å². The molecular weight excluding hydrogens is 452 g/mol. The van der Waals surface area contributed by atoms with E-state index < -0.39 is 24.1 Å². The maximum Gasteiger partial charge on any atom is 0.407 e. The third-order valence-corrected chi connectivity index (χ3v) is 6.01. The number of carboxylic acid groups (broad SMARTS) is 1. The van der Waals surface area contributed by atoms with Crippen molar-refractivity contribution in [2.45, 2.75) is 18.4 Å². The highest BCUT2D eigenvalue weighted by atomic mass is 16.5. The molecule has 1 aliphatic carbocycles. The molecule has 3 N–H and O–H groups in total. The predicted molar refractivity (Wildman–Crippen MR) is 127 cm³/mol. The summed E-state index contributed by atoms with van der Waals surface area (Å²) < 4.78 is 12.0.